The normalized spacial score (nSPS) is 11.4. The van der Waals surface area contributed by atoms with Crippen molar-refractivity contribution in [1.29, 1.82) is 0 Å². The minimum atomic E-state index is -3.82. The molecule has 0 unspecified atom stereocenters. The van der Waals surface area contributed by atoms with Crippen molar-refractivity contribution in [3.05, 3.63) is 30.5 Å². The van der Waals surface area contributed by atoms with Crippen molar-refractivity contribution in [2.45, 2.75) is 102 Å². The quantitative estimate of drug-likeness (QED) is 0.229. The second-order valence-corrected chi connectivity index (χ2v) is 10.5. The van der Waals surface area contributed by atoms with Gasteiger partial charge in [-0.1, -0.05) is 71.1 Å². The van der Waals surface area contributed by atoms with Crippen LogP contribution in [0.4, 0.5) is 11.6 Å². The van der Waals surface area contributed by atoms with E-state index < -0.39 is 10.0 Å². The second kappa shape index (κ2) is 15.4. The lowest BCUT2D eigenvalue weighted by atomic mass is 10.1. The molecule has 1 aromatic carbocycles. The summed E-state index contributed by atoms with van der Waals surface area (Å²) in [6.45, 7) is 4.66. The largest absolute Gasteiger partial charge is 0.480 e. The predicted molar refractivity (Wildman–Crippen MR) is 141 cm³/mol. The van der Waals surface area contributed by atoms with E-state index in [2.05, 4.69) is 21.9 Å². The topological polar surface area (TPSA) is 102 Å². The van der Waals surface area contributed by atoms with Gasteiger partial charge in [-0.2, -0.15) is 4.98 Å². The maximum atomic E-state index is 12.7. The zero-order valence-electron chi connectivity index (χ0n) is 21.5. The Balaban J connectivity index is 1.70. The van der Waals surface area contributed by atoms with Crippen LogP contribution < -0.4 is 14.8 Å². The molecular weight excluding hydrogens is 464 g/mol. The number of rotatable bonds is 18. The molecule has 2 aromatic rings. The maximum absolute atomic E-state index is 12.7. The molecule has 0 spiro atoms. The molecule has 0 bridgehead atoms. The van der Waals surface area contributed by atoms with E-state index in [-0.39, 0.29) is 16.8 Å². The Labute approximate surface area is 210 Å². The van der Waals surface area contributed by atoms with Gasteiger partial charge in [0, 0.05) is 18.7 Å². The summed E-state index contributed by atoms with van der Waals surface area (Å²) in [6.07, 6.45) is 15.8. The molecule has 0 atom stereocenters. The van der Waals surface area contributed by atoms with Crippen LogP contribution in [-0.4, -0.2) is 31.0 Å². The SMILES string of the molecule is CCCCCCCCCCCCCC(=O)Nc1ccc(S(=O)(=O)Nc2nc(OC)cn2CC)cc1. The van der Waals surface area contributed by atoms with Gasteiger partial charge >= 0.3 is 0 Å². The Morgan fingerprint density at radius 1 is 0.914 bits per heavy atom. The lowest BCUT2D eigenvalue weighted by molar-refractivity contribution is -0.116. The van der Waals surface area contributed by atoms with E-state index in [1.807, 2.05) is 6.92 Å². The lowest BCUT2D eigenvalue weighted by Crippen LogP contribution is -2.16. The fraction of sp³-hybridized carbons (Fsp3) is 0.615. The molecule has 196 valence electrons. The van der Waals surface area contributed by atoms with Crippen molar-refractivity contribution < 1.29 is 17.9 Å². The van der Waals surface area contributed by atoms with Crippen molar-refractivity contribution in [2.75, 3.05) is 17.1 Å². The number of nitrogens with zero attached hydrogens (tertiary/aromatic N) is 2. The number of sulfonamides is 1. The monoisotopic (exact) mass is 506 g/mol. The summed E-state index contributed by atoms with van der Waals surface area (Å²) in [6, 6.07) is 6.13. The lowest BCUT2D eigenvalue weighted by Gasteiger charge is -2.10. The smallest absolute Gasteiger partial charge is 0.264 e. The number of nitrogens with one attached hydrogen (secondary N) is 2. The van der Waals surface area contributed by atoms with E-state index in [9.17, 15) is 13.2 Å². The standard InChI is InChI=1S/C26H42N4O4S/c1-4-6-7-8-9-10-11-12-13-14-15-16-24(31)27-22-17-19-23(20-18-22)35(32,33)29-26-28-25(34-3)21-30(26)5-2/h17-21H,4-16H2,1-3H3,(H,27,31)(H,28,29). The van der Waals surface area contributed by atoms with Gasteiger partial charge in [-0.05, 0) is 37.6 Å². The first-order chi connectivity index (χ1) is 16.9. The third-order valence-electron chi connectivity index (χ3n) is 5.99. The number of methoxy groups -OCH3 is 1. The summed E-state index contributed by atoms with van der Waals surface area (Å²) in [7, 11) is -2.34. The van der Waals surface area contributed by atoms with Crippen molar-refractivity contribution in [3.8, 4) is 5.88 Å². The number of hydrogen-bond acceptors (Lipinski definition) is 5. The molecule has 0 aliphatic heterocycles. The molecule has 0 saturated heterocycles. The highest BCUT2D eigenvalue weighted by atomic mass is 32.2. The van der Waals surface area contributed by atoms with Gasteiger partial charge in [0.1, 0.15) is 0 Å². The molecule has 2 rings (SSSR count). The highest BCUT2D eigenvalue weighted by Gasteiger charge is 2.18. The first kappa shape index (κ1) is 28.7. The Kier molecular flexibility index (Phi) is 12.7. The van der Waals surface area contributed by atoms with Crippen LogP contribution in [0.1, 0.15) is 90.9 Å². The van der Waals surface area contributed by atoms with Crippen LogP contribution in [0.5, 0.6) is 5.88 Å². The van der Waals surface area contributed by atoms with Gasteiger partial charge in [0.05, 0.1) is 18.2 Å². The fourth-order valence-electron chi connectivity index (χ4n) is 3.88. The number of aromatic nitrogens is 2. The molecule has 9 heteroatoms. The summed E-state index contributed by atoms with van der Waals surface area (Å²) in [4.78, 5) is 16.5. The van der Waals surface area contributed by atoms with Gasteiger partial charge in [0.25, 0.3) is 10.0 Å². The first-order valence-corrected chi connectivity index (χ1v) is 14.4. The number of carbonyl (C=O) groups excluding carboxylic acids is 1. The summed E-state index contributed by atoms with van der Waals surface area (Å²) in [5.41, 5.74) is 0.578. The molecule has 1 aromatic heterocycles. The summed E-state index contributed by atoms with van der Waals surface area (Å²) in [5.74, 6) is 0.473. The molecule has 0 aliphatic carbocycles. The Bertz CT molecular complexity index is 987. The van der Waals surface area contributed by atoms with Crippen LogP contribution in [0.15, 0.2) is 35.4 Å². The second-order valence-electron chi connectivity index (χ2n) is 8.86. The number of benzene rings is 1. The number of hydrogen-bond donors (Lipinski definition) is 2. The number of imidazole rings is 1. The minimum absolute atomic E-state index is 0.0493. The number of aryl methyl sites for hydroxylation is 1. The third-order valence-corrected chi connectivity index (χ3v) is 7.33. The molecule has 0 fully saturated rings. The van der Waals surface area contributed by atoms with Crippen molar-refractivity contribution in [3.63, 3.8) is 0 Å². The van der Waals surface area contributed by atoms with Crippen LogP contribution in [0.25, 0.3) is 0 Å². The van der Waals surface area contributed by atoms with E-state index in [0.717, 1.165) is 12.8 Å². The molecule has 0 aliphatic rings. The average molecular weight is 507 g/mol. The van der Waals surface area contributed by atoms with E-state index in [4.69, 9.17) is 4.74 Å². The van der Waals surface area contributed by atoms with Gasteiger partial charge in [-0.25, -0.2) is 13.1 Å². The van der Waals surface area contributed by atoms with Crippen molar-refractivity contribution in [2.24, 2.45) is 0 Å². The van der Waals surface area contributed by atoms with Gasteiger partial charge in [-0.15, -0.1) is 0 Å². The zero-order valence-corrected chi connectivity index (χ0v) is 22.3. The Morgan fingerprint density at radius 2 is 1.49 bits per heavy atom. The van der Waals surface area contributed by atoms with Crippen LogP contribution in [-0.2, 0) is 21.4 Å². The van der Waals surface area contributed by atoms with Crippen molar-refractivity contribution in [1.82, 2.24) is 9.55 Å². The van der Waals surface area contributed by atoms with Crippen LogP contribution >= 0.6 is 0 Å². The summed E-state index contributed by atoms with van der Waals surface area (Å²) in [5, 5.41) is 2.85. The average Bonchev–Trinajstić information content (AvgIpc) is 3.24. The fourth-order valence-corrected chi connectivity index (χ4v) is 4.90. The number of ether oxygens (including phenoxy) is 1. The number of unbranched alkanes of at least 4 members (excludes halogenated alkanes) is 10. The van der Waals surface area contributed by atoms with E-state index >= 15 is 0 Å². The molecule has 0 saturated carbocycles. The number of amides is 1. The van der Waals surface area contributed by atoms with Crippen LogP contribution in [0, 0.1) is 0 Å². The summed E-state index contributed by atoms with van der Waals surface area (Å²) < 4.78 is 34.7. The first-order valence-electron chi connectivity index (χ1n) is 12.9. The van der Waals surface area contributed by atoms with Crippen LogP contribution in [0.2, 0.25) is 0 Å². The van der Waals surface area contributed by atoms with Gasteiger partial charge < -0.3 is 14.6 Å². The van der Waals surface area contributed by atoms with E-state index in [1.165, 1.54) is 77.0 Å². The molecule has 1 amide bonds. The van der Waals surface area contributed by atoms with Gasteiger partial charge in [0.15, 0.2) is 0 Å². The van der Waals surface area contributed by atoms with Gasteiger partial charge in [0.2, 0.25) is 17.7 Å². The molecule has 35 heavy (non-hydrogen) atoms. The zero-order chi connectivity index (χ0) is 25.5. The molecular formula is C26H42N4O4S. The number of carbonyl (C=O) groups is 1. The Morgan fingerprint density at radius 3 is 2.03 bits per heavy atom. The highest BCUT2D eigenvalue weighted by Crippen LogP contribution is 2.21. The summed E-state index contributed by atoms with van der Waals surface area (Å²) >= 11 is 0. The van der Waals surface area contributed by atoms with Crippen LogP contribution in [0.3, 0.4) is 0 Å². The number of anilines is 2. The Hall–Kier alpha value is -2.55. The van der Waals surface area contributed by atoms with E-state index in [1.54, 1.807) is 22.9 Å². The maximum Gasteiger partial charge on any atom is 0.264 e. The molecule has 1 heterocycles. The minimum Gasteiger partial charge on any atom is -0.480 e. The molecule has 8 nitrogen and oxygen atoms in total. The predicted octanol–water partition coefficient (Wildman–Crippen LogP) is 6.35. The third kappa shape index (κ3) is 10.3. The molecule has 0 radical (unpaired) electrons. The van der Waals surface area contributed by atoms with Gasteiger partial charge in [-0.3, -0.25) is 4.79 Å². The van der Waals surface area contributed by atoms with Crippen molar-refractivity contribution >= 4 is 27.6 Å². The molecule has 2 N–H and O–H groups in total. The van der Waals surface area contributed by atoms with E-state index in [0.29, 0.717) is 24.5 Å². The highest BCUT2D eigenvalue weighted by molar-refractivity contribution is 7.92.